The quantitative estimate of drug-likeness (QED) is 0.271. The minimum absolute atomic E-state index is 0.382. The average Bonchev–Trinajstić information content (AvgIpc) is 3.58. The van der Waals surface area contributed by atoms with E-state index in [0.29, 0.717) is 21.7 Å². The van der Waals surface area contributed by atoms with Crippen molar-refractivity contribution < 1.29 is 0 Å². The van der Waals surface area contributed by atoms with E-state index in [4.69, 9.17) is 0 Å². The zero-order valence-corrected chi connectivity index (χ0v) is 32.4. The number of benzene rings is 3. The minimum atomic E-state index is 0.382. The Bertz CT molecular complexity index is 1420. The van der Waals surface area contributed by atoms with E-state index in [1.807, 2.05) is 6.21 Å². The highest BCUT2D eigenvalue weighted by Gasteiger charge is 2.19. The molecule has 0 amide bonds. The average molecular weight is 634 g/mol. The Kier molecular flexibility index (Phi) is 15.2. The van der Waals surface area contributed by atoms with Crippen LogP contribution in [0.3, 0.4) is 0 Å². The SMILES string of the molecule is CC(C)(C)CC1=CCC=N1.CC(C)(C)CC1=CCc2ccccc21.CC(C)(C)Cc1ccccc1.Cc1ccc(CC(C)(C)C)cc1. The van der Waals surface area contributed by atoms with E-state index in [1.165, 1.54) is 45.5 Å². The third-order valence-corrected chi connectivity index (χ3v) is 7.51. The summed E-state index contributed by atoms with van der Waals surface area (Å²) >= 11 is 0. The maximum Gasteiger partial charge on any atom is 0.0368 e. The molecular weight excluding hydrogens is 567 g/mol. The van der Waals surface area contributed by atoms with Crippen LogP contribution < -0.4 is 0 Å². The summed E-state index contributed by atoms with van der Waals surface area (Å²) in [5.74, 6) is 0. The Hall–Kier alpha value is -3.19. The maximum atomic E-state index is 4.26. The van der Waals surface area contributed by atoms with Gasteiger partial charge in [-0.25, -0.2) is 0 Å². The molecule has 1 nitrogen and oxygen atoms in total. The van der Waals surface area contributed by atoms with E-state index in [1.54, 1.807) is 0 Å². The molecule has 3 aromatic rings. The zero-order valence-electron chi connectivity index (χ0n) is 32.4. The van der Waals surface area contributed by atoms with Crippen LogP contribution in [0.15, 0.2) is 102 Å². The van der Waals surface area contributed by atoms with Crippen LogP contribution in [0.5, 0.6) is 0 Å². The molecule has 1 aliphatic heterocycles. The van der Waals surface area contributed by atoms with Crippen LogP contribution in [0.4, 0.5) is 0 Å². The van der Waals surface area contributed by atoms with E-state index < -0.39 is 0 Å². The lowest BCUT2D eigenvalue weighted by Gasteiger charge is -2.19. The molecule has 0 aromatic heterocycles. The van der Waals surface area contributed by atoms with Crippen LogP contribution in [0, 0.1) is 28.6 Å². The summed E-state index contributed by atoms with van der Waals surface area (Å²) in [5.41, 5.74) is 11.5. The first kappa shape index (κ1) is 40.0. The Balaban J connectivity index is 0.000000220. The largest absolute Gasteiger partial charge is 0.266 e. The summed E-state index contributed by atoms with van der Waals surface area (Å²) in [4.78, 5) is 4.26. The number of hydrogen-bond acceptors (Lipinski definition) is 1. The van der Waals surface area contributed by atoms with Gasteiger partial charge in [0.2, 0.25) is 0 Å². The fraction of sp³-hybridized carbons (Fsp3) is 0.500. The third-order valence-electron chi connectivity index (χ3n) is 7.51. The second-order valence-electron chi connectivity index (χ2n) is 18.3. The van der Waals surface area contributed by atoms with Crippen LogP contribution in [0.1, 0.15) is 130 Å². The molecule has 0 spiro atoms. The molecule has 0 saturated carbocycles. The molecular formula is C46H67N. The summed E-state index contributed by atoms with van der Waals surface area (Å²) in [6.07, 6.45) is 13.3. The van der Waals surface area contributed by atoms with Crippen molar-refractivity contribution in [3.8, 4) is 0 Å². The Morgan fingerprint density at radius 1 is 0.511 bits per heavy atom. The molecule has 256 valence electrons. The van der Waals surface area contributed by atoms with Crippen LogP contribution in [-0.4, -0.2) is 6.21 Å². The number of hydrogen-bond donors (Lipinski definition) is 0. The molecule has 1 heteroatoms. The van der Waals surface area contributed by atoms with Crippen molar-refractivity contribution in [1.82, 2.24) is 0 Å². The molecule has 0 unspecified atom stereocenters. The number of rotatable bonds is 4. The van der Waals surface area contributed by atoms with Crippen molar-refractivity contribution in [3.05, 3.63) is 125 Å². The molecule has 0 fully saturated rings. The predicted octanol–water partition coefficient (Wildman–Crippen LogP) is 13.7. The van der Waals surface area contributed by atoms with Gasteiger partial charge in [0.25, 0.3) is 0 Å². The smallest absolute Gasteiger partial charge is 0.0368 e. The lowest BCUT2D eigenvalue weighted by Crippen LogP contribution is -2.08. The highest BCUT2D eigenvalue weighted by Crippen LogP contribution is 2.36. The van der Waals surface area contributed by atoms with Gasteiger partial charge in [-0.1, -0.05) is 180 Å². The molecule has 0 radical (unpaired) electrons. The third kappa shape index (κ3) is 18.7. The number of fused-ring (bicyclic) bond motifs is 1. The van der Waals surface area contributed by atoms with Gasteiger partial charge in [0.1, 0.15) is 0 Å². The number of aliphatic imine (C=N–C) groups is 1. The van der Waals surface area contributed by atoms with Crippen molar-refractivity contribution in [1.29, 1.82) is 0 Å². The highest BCUT2D eigenvalue weighted by atomic mass is 14.7. The first-order valence-corrected chi connectivity index (χ1v) is 17.8. The molecule has 0 saturated heterocycles. The first-order chi connectivity index (χ1) is 21.7. The lowest BCUT2D eigenvalue weighted by atomic mass is 9.86. The normalized spacial score (nSPS) is 14.0. The predicted molar refractivity (Wildman–Crippen MR) is 211 cm³/mol. The van der Waals surface area contributed by atoms with Crippen LogP contribution in [0.2, 0.25) is 0 Å². The second-order valence-corrected chi connectivity index (χ2v) is 18.3. The maximum absolute atomic E-state index is 4.26. The Morgan fingerprint density at radius 2 is 1.00 bits per heavy atom. The van der Waals surface area contributed by atoms with E-state index >= 15 is 0 Å². The van der Waals surface area contributed by atoms with Crippen molar-refractivity contribution in [2.45, 2.75) is 129 Å². The van der Waals surface area contributed by atoms with Gasteiger partial charge >= 0.3 is 0 Å². The molecule has 3 aromatic carbocycles. The minimum Gasteiger partial charge on any atom is -0.266 e. The molecule has 0 atom stereocenters. The monoisotopic (exact) mass is 634 g/mol. The highest BCUT2D eigenvalue weighted by molar-refractivity contribution is 5.73. The fourth-order valence-corrected chi connectivity index (χ4v) is 5.69. The molecule has 5 rings (SSSR count). The number of allylic oxidation sites excluding steroid dienone is 4. The van der Waals surface area contributed by atoms with Crippen LogP contribution in [0.25, 0.3) is 5.57 Å². The van der Waals surface area contributed by atoms with Crippen molar-refractivity contribution in [2.24, 2.45) is 26.7 Å². The van der Waals surface area contributed by atoms with Gasteiger partial charge < -0.3 is 0 Å². The summed E-state index contributed by atoms with van der Waals surface area (Å²) in [6.45, 7) is 29.3. The van der Waals surface area contributed by atoms with E-state index in [0.717, 1.165) is 32.1 Å². The Labute approximate surface area is 290 Å². The van der Waals surface area contributed by atoms with Crippen molar-refractivity contribution >= 4 is 11.8 Å². The van der Waals surface area contributed by atoms with Gasteiger partial charge in [-0.05, 0) is 88.5 Å². The fourth-order valence-electron chi connectivity index (χ4n) is 5.69. The molecule has 2 aliphatic rings. The standard InChI is InChI=1S/C14H18.C12H18.C11H16.C9H15N/c1-14(2,3)10-12-9-8-11-6-4-5-7-13(11)12;1-10-5-7-11(8-6-10)9-12(2,3)4;1-11(2,3)9-10-7-5-4-6-8-10;1-9(2,3)7-8-5-4-6-10-8/h4-7,9H,8,10H2,1-3H3;5-8H,9H2,1-4H3;4-8H,9H2,1-3H3;5-6H,4,7H2,1-3H3. The summed E-state index contributed by atoms with van der Waals surface area (Å²) < 4.78 is 0. The van der Waals surface area contributed by atoms with Gasteiger partial charge in [-0.3, -0.25) is 4.99 Å². The Morgan fingerprint density at radius 3 is 1.49 bits per heavy atom. The number of nitrogens with zero attached hydrogens (tertiary/aromatic N) is 1. The van der Waals surface area contributed by atoms with E-state index in [-0.39, 0.29) is 0 Å². The van der Waals surface area contributed by atoms with Crippen molar-refractivity contribution in [2.75, 3.05) is 0 Å². The summed E-state index contributed by atoms with van der Waals surface area (Å²) in [5, 5.41) is 0. The van der Waals surface area contributed by atoms with Gasteiger partial charge in [0.15, 0.2) is 0 Å². The van der Waals surface area contributed by atoms with Crippen LogP contribution >= 0.6 is 0 Å². The van der Waals surface area contributed by atoms with Gasteiger partial charge in [-0.2, -0.15) is 0 Å². The molecule has 1 aliphatic carbocycles. The molecule has 47 heavy (non-hydrogen) atoms. The van der Waals surface area contributed by atoms with Gasteiger partial charge in [-0.15, -0.1) is 0 Å². The van der Waals surface area contributed by atoms with E-state index in [2.05, 4.69) is 186 Å². The molecule has 0 bridgehead atoms. The first-order valence-electron chi connectivity index (χ1n) is 17.8. The zero-order chi connectivity index (χ0) is 35.3. The van der Waals surface area contributed by atoms with Crippen molar-refractivity contribution in [3.63, 3.8) is 0 Å². The topological polar surface area (TPSA) is 12.4 Å². The summed E-state index contributed by atoms with van der Waals surface area (Å²) in [7, 11) is 0. The molecule has 0 N–H and O–H groups in total. The lowest BCUT2D eigenvalue weighted by molar-refractivity contribution is 0.408. The van der Waals surface area contributed by atoms with E-state index in [9.17, 15) is 0 Å². The van der Waals surface area contributed by atoms with Crippen LogP contribution in [-0.2, 0) is 19.3 Å². The molecule has 1 heterocycles. The second kappa shape index (κ2) is 17.8. The van der Waals surface area contributed by atoms with Gasteiger partial charge in [0, 0.05) is 18.3 Å². The van der Waals surface area contributed by atoms with Gasteiger partial charge in [0.05, 0.1) is 0 Å². The summed E-state index contributed by atoms with van der Waals surface area (Å²) in [6, 6.07) is 28.2. The number of aryl methyl sites for hydroxylation is 1.